The fourth-order valence-electron chi connectivity index (χ4n) is 2.23. The maximum absolute atomic E-state index is 4.39. The van der Waals surface area contributed by atoms with Gasteiger partial charge in [0.1, 0.15) is 18.0 Å². The van der Waals surface area contributed by atoms with Crippen molar-refractivity contribution in [2.45, 2.75) is 33.1 Å². The van der Waals surface area contributed by atoms with Crippen LogP contribution < -0.4 is 10.6 Å². The van der Waals surface area contributed by atoms with Gasteiger partial charge in [-0.15, -0.1) is 0 Å². The fourth-order valence-corrected chi connectivity index (χ4v) is 2.23. The molecule has 0 atom stereocenters. The van der Waals surface area contributed by atoms with Gasteiger partial charge in [0.2, 0.25) is 0 Å². The highest BCUT2D eigenvalue weighted by Gasteiger charge is 2.09. The third-order valence-corrected chi connectivity index (χ3v) is 3.19. The minimum absolute atomic E-state index is 0.816. The van der Waals surface area contributed by atoms with E-state index >= 15 is 0 Å². The smallest absolute Gasteiger partial charge is 0.134 e. The molecular formula is C16H23N5. The second kappa shape index (κ2) is 8.19. The molecule has 0 aromatic carbocycles. The van der Waals surface area contributed by atoms with E-state index < -0.39 is 0 Å². The summed E-state index contributed by atoms with van der Waals surface area (Å²) in [5.74, 6) is 1.87. The number of rotatable bonds is 8. The molecule has 0 amide bonds. The van der Waals surface area contributed by atoms with Crippen LogP contribution in [0.25, 0.3) is 0 Å². The maximum Gasteiger partial charge on any atom is 0.134 e. The highest BCUT2D eigenvalue weighted by Crippen LogP contribution is 2.21. The Hall–Kier alpha value is -2.17. The molecule has 0 aliphatic rings. The molecule has 5 nitrogen and oxygen atoms in total. The first-order chi connectivity index (χ1) is 10.3. The quantitative estimate of drug-likeness (QED) is 0.781. The van der Waals surface area contributed by atoms with Crippen molar-refractivity contribution < 1.29 is 0 Å². The summed E-state index contributed by atoms with van der Waals surface area (Å²) >= 11 is 0. The Morgan fingerprint density at radius 1 is 0.952 bits per heavy atom. The van der Waals surface area contributed by atoms with Crippen molar-refractivity contribution in [1.82, 2.24) is 15.0 Å². The molecule has 2 rings (SSSR count). The predicted molar refractivity (Wildman–Crippen MR) is 86.6 cm³/mol. The van der Waals surface area contributed by atoms with Gasteiger partial charge in [-0.1, -0.05) is 19.4 Å². The molecule has 0 fully saturated rings. The minimum atomic E-state index is 0.816. The van der Waals surface area contributed by atoms with Crippen molar-refractivity contribution >= 4 is 11.6 Å². The largest absolute Gasteiger partial charge is 0.370 e. The average molecular weight is 285 g/mol. The molecular weight excluding hydrogens is 262 g/mol. The first kappa shape index (κ1) is 15.2. The molecule has 21 heavy (non-hydrogen) atoms. The van der Waals surface area contributed by atoms with Gasteiger partial charge in [0.15, 0.2) is 0 Å². The van der Waals surface area contributed by atoms with Crippen LogP contribution in [0.15, 0.2) is 30.7 Å². The van der Waals surface area contributed by atoms with Crippen LogP contribution in [0.3, 0.4) is 0 Å². The van der Waals surface area contributed by atoms with Gasteiger partial charge >= 0.3 is 0 Å². The highest BCUT2D eigenvalue weighted by molar-refractivity contribution is 5.57. The molecule has 0 bridgehead atoms. The molecule has 2 heterocycles. The van der Waals surface area contributed by atoms with Crippen molar-refractivity contribution in [2.75, 3.05) is 23.7 Å². The molecule has 0 saturated heterocycles. The number of nitrogens with zero attached hydrogens (tertiary/aromatic N) is 3. The lowest BCUT2D eigenvalue weighted by atomic mass is 10.1. The van der Waals surface area contributed by atoms with E-state index in [1.807, 2.05) is 24.4 Å². The van der Waals surface area contributed by atoms with Gasteiger partial charge in [0.25, 0.3) is 0 Å². The summed E-state index contributed by atoms with van der Waals surface area (Å²) in [6.07, 6.45) is 6.36. The topological polar surface area (TPSA) is 62.7 Å². The van der Waals surface area contributed by atoms with Gasteiger partial charge in [-0.05, 0) is 25.5 Å². The van der Waals surface area contributed by atoms with Crippen LogP contribution in [0.1, 0.15) is 31.5 Å². The predicted octanol–water partition coefficient (Wildman–Crippen LogP) is 2.91. The summed E-state index contributed by atoms with van der Waals surface area (Å²) in [6, 6.07) is 5.99. The van der Waals surface area contributed by atoms with Crippen LogP contribution in [0.5, 0.6) is 0 Å². The number of aromatic nitrogens is 3. The summed E-state index contributed by atoms with van der Waals surface area (Å²) in [7, 11) is 0. The Morgan fingerprint density at radius 2 is 1.76 bits per heavy atom. The van der Waals surface area contributed by atoms with Crippen molar-refractivity contribution in [2.24, 2.45) is 0 Å². The van der Waals surface area contributed by atoms with E-state index in [-0.39, 0.29) is 0 Å². The zero-order chi connectivity index (χ0) is 14.9. The number of hydrogen-bond donors (Lipinski definition) is 2. The lowest BCUT2D eigenvalue weighted by Crippen LogP contribution is -2.12. The van der Waals surface area contributed by atoms with Gasteiger partial charge in [0, 0.05) is 37.0 Å². The molecule has 0 saturated carbocycles. The summed E-state index contributed by atoms with van der Waals surface area (Å²) < 4.78 is 0. The molecule has 2 N–H and O–H groups in total. The molecule has 0 aliphatic carbocycles. The second-order valence-electron chi connectivity index (χ2n) is 4.83. The summed E-state index contributed by atoms with van der Waals surface area (Å²) in [5, 5.41) is 6.72. The molecule has 0 radical (unpaired) electrons. The van der Waals surface area contributed by atoms with E-state index in [9.17, 15) is 0 Å². The van der Waals surface area contributed by atoms with Gasteiger partial charge in [0.05, 0.1) is 0 Å². The molecule has 5 heteroatoms. The van der Waals surface area contributed by atoms with Crippen molar-refractivity contribution in [3.8, 4) is 0 Å². The molecule has 0 unspecified atom stereocenters. The van der Waals surface area contributed by atoms with Crippen LogP contribution in [-0.4, -0.2) is 28.0 Å². The van der Waals surface area contributed by atoms with Crippen LogP contribution in [0, 0.1) is 0 Å². The van der Waals surface area contributed by atoms with Crippen LogP contribution in [-0.2, 0) is 12.8 Å². The number of pyridine rings is 1. The first-order valence-electron chi connectivity index (χ1n) is 7.56. The zero-order valence-electron chi connectivity index (χ0n) is 12.8. The Bertz CT molecular complexity index is 542. The van der Waals surface area contributed by atoms with E-state index in [1.54, 1.807) is 6.33 Å². The van der Waals surface area contributed by atoms with Gasteiger partial charge in [-0.25, -0.2) is 9.97 Å². The molecule has 0 aliphatic heterocycles. The number of anilines is 2. The second-order valence-corrected chi connectivity index (χ2v) is 4.83. The van der Waals surface area contributed by atoms with E-state index in [0.29, 0.717) is 0 Å². The standard InChI is InChI=1S/C16H23N5/c1-3-7-14-15(17-4-2)20-12-21-16(14)19-11-9-13-8-5-6-10-18-13/h5-6,8,10,12H,3-4,7,9,11H2,1-2H3,(H2,17,19,20,21). The van der Waals surface area contributed by atoms with Crippen LogP contribution in [0.2, 0.25) is 0 Å². The van der Waals surface area contributed by atoms with E-state index in [0.717, 1.165) is 49.7 Å². The van der Waals surface area contributed by atoms with E-state index in [4.69, 9.17) is 0 Å². The molecule has 0 spiro atoms. The van der Waals surface area contributed by atoms with Crippen molar-refractivity contribution in [3.05, 3.63) is 42.0 Å². The zero-order valence-corrected chi connectivity index (χ0v) is 12.8. The summed E-state index contributed by atoms with van der Waals surface area (Å²) in [6.45, 7) is 5.92. The third-order valence-electron chi connectivity index (χ3n) is 3.19. The van der Waals surface area contributed by atoms with E-state index in [2.05, 4.69) is 39.4 Å². The molecule has 112 valence electrons. The van der Waals surface area contributed by atoms with Crippen molar-refractivity contribution in [1.29, 1.82) is 0 Å². The maximum atomic E-state index is 4.39. The highest BCUT2D eigenvalue weighted by atomic mass is 15.1. The minimum Gasteiger partial charge on any atom is -0.370 e. The Kier molecular flexibility index (Phi) is 5.94. The lowest BCUT2D eigenvalue weighted by Gasteiger charge is -2.14. The average Bonchev–Trinajstić information content (AvgIpc) is 2.51. The summed E-state index contributed by atoms with van der Waals surface area (Å²) in [4.78, 5) is 13.1. The fraction of sp³-hybridized carbons (Fsp3) is 0.438. The van der Waals surface area contributed by atoms with Crippen molar-refractivity contribution in [3.63, 3.8) is 0 Å². The Morgan fingerprint density at radius 3 is 2.43 bits per heavy atom. The Balaban J connectivity index is 2.03. The van der Waals surface area contributed by atoms with Gasteiger partial charge in [-0.3, -0.25) is 4.98 Å². The Labute approximate surface area is 126 Å². The molecule has 2 aromatic heterocycles. The summed E-state index contributed by atoms with van der Waals surface area (Å²) in [5.41, 5.74) is 2.26. The third kappa shape index (κ3) is 4.41. The van der Waals surface area contributed by atoms with Crippen LogP contribution >= 0.6 is 0 Å². The number of nitrogens with one attached hydrogen (secondary N) is 2. The van der Waals surface area contributed by atoms with Gasteiger partial charge in [-0.2, -0.15) is 0 Å². The first-order valence-corrected chi connectivity index (χ1v) is 7.56. The molecule has 2 aromatic rings. The van der Waals surface area contributed by atoms with Gasteiger partial charge < -0.3 is 10.6 Å². The SMILES string of the molecule is CCCc1c(NCC)ncnc1NCCc1ccccn1. The van der Waals surface area contributed by atoms with E-state index in [1.165, 1.54) is 5.56 Å². The monoisotopic (exact) mass is 285 g/mol. The normalized spacial score (nSPS) is 10.4. The number of hydrogen-bond acceptors (Lipinski definition) is 5. The van der Waals surface area contributed by atoms with Crippen LogP contribution in [0.4, 0.5) is 11.6 Å². The lowest BCUT2D eigenvalue weighted by molar-refractivity contribution is 0.887.